The fourth-order valence-corrected chi connectivity index (χ4v) is 4.79. The van der Waals surface area contributed by atoms with Crippen LogP contribution in [-0.2, 0) is 27.1 Å². The molecule has 1 heterocycles. The molecule has 0 saturated heterocycles. The van der Waals surface area contributed by atoms with Gasteiger partial charge in [0.1, 0.15) is 12.5 Å². The molecule has 0 bridgehead atoms. The molecule has 2 aromatic rings. The Morgan fingerprint density at radius 1 is 1.08 bits per heavy atom. The van der Waals surface area contributed by atoms with Crippen molar-refractivity contribution in [1.82, 2.24) is 0 Å². The molecule has 190 valence electrons. The monoisotopic (exact) mass is 501 g/mol. The number of ether oxygens (including phenoxy) is 3. The summed E-state index contributed by atoms with van der Waals surface area (Å²) in [7, 11) is 2.74. The summed E-state index contributed by atoms with van der Waals surface area (Å²) < 4.78 is 55.4. The second-order valence-electron chi connectivity index (χ2n) is 8.77. The quantitative estimate of drug-likeness (QED) is 0.479. The van der Waals surface area contributed by atoms with Crippen LogP contribution in [0.3, 0.4) is 0 Å². The Balaban J connectivity index is 1.67. The van der Waals surface area contributed by atoms with Crippen LogP contribution in [0.5, 0.6) is 11.5 Å². The molecule has 0 fully saturated rings. The summed E-state index contributed by atoms with van der Waals surface area (Å²) in [4.78, 5) is 30.3. The Labute approximate surface area is 206 Å². The summed E-state index contributed by atoms with van der Waals surface area (Å²) in [5, 5.41) is 0. The predicted octanol–water partition coefficient (Wildman–Crippen LogP) is 5.65. The zero-order chi connectivity index (χ0) is 26.0. The zero-order valence-corrected chi connectivity index (χ0v) is 20.1. The summed E-state index contributed by atoms with van der Waals surface area (Å²) in [6.07, 6.45) is -2.71. The standard InChI is InChI=1S/C27H26F3NO5/c1-15-23(26(33)35-3)24(25-19(31-15)8-5-9-20(25)32)17-10-11-21(22(13-17)34-2)36-14-16-6-4-7-18(12-16)27(28,29)30/h4,6-7,10-13,23-24H,5,8-9,14H2,1-3H3/t23?,24-/m0/s1. The van der Waals surface area contributed by atoms with Crippen LogP contribution in [0.25, 0.3) is 0 Å². The number of benzene rings is 2. The number of nitrogens with zero attached hydrogens (tertiary/aromatic N) is 1. The lowest BCUT2D eigenvalue weighted by Crippen LogP contribution is -2.36. The lowest BCUT2D eigenvalue weighted by molar-refractivity contribution is -0.143. The molecule has 2 aromatic carbocycles. The van der Waals surface area contributed by atoms with E-state index in [1.54, 1.807) is 31.2 Å². The molecule has 1 aliphatic heterocycles. The Morgan fingerprint density at radius 3 is 2.56 bits per heavy atom. The van der Waals surface area contributed by atoms with Crippen molar-refractivity contribution in [3.63, 3.8) is 0 Å². The number of alkyl halides is 3. The lowest BCUT2D eigenvalue weighted by Gasteiger charge is -2.34. The zero-order valence-electron chi connectivity index (χ0n) is 20.1. The number of esters is 1. The first kappa shape index (κ1) is 25.5. The minimum Gasteiger partial charge on any atom is -0.493 e. The van der Waals surface area contributed by atoms with Gasteiger partial charge in [0.25, 0.3) is 0 Å². The molecule has 36 heavy (non-hydrogen) atoms. The molecule has 1 aliphatic carbocycles. The van der Waals surface area contributed by atoms with E-state index in [-0.39, 0.29) is 12.4 Å². The van der Waals surface area contributed by atoms with Crippen molar-refractivity contribution in [3.05, 3.63) is 70.4 Å². The van der Waals surface area contributed by atoms with Gasteiger partial charge in [-0.3, -0.25) is 14.6 Å². The second-order valence-corrected chi connectivity index (χ2v) is 8.77. The van der Waals surface area contributed by atoms with Crippen molar-refractivity contribution in [2.75, 3.05) is 14.2 Å². The number of allylic oxidation sites excluding steroid dienone is 2. The highest BCUT2D eigenvalue weighted by Gasteiger charge is 2.43. The Hall–Kier alpha value is -3.62. The highest BCUT2D eigenvalue weighted by atomic mass is 19.4. The first-order valence-electron chi connectivity index (χ1n) is 11.5. The van der Waals surface area contributed by atoms with Gasteiger partial charge in [-0.1, -0.05) is 18.2 Å². The van der Waals surface area contributed by atoms with Gasteiger partial charge >= 0.3 is 12.1 Å². The van der Waals surface area contributed by atoms with Crippen LogP contribution >= 0.6 is 0 Å². The van der Waals surface area contributed by atoms with Crippen LogP contribution in [0.4, 0.5) is 13.2 Å². The molecule has 0 radical (unpaired) electrons. The van der Waals surface area contributed by atoms with Crippen LogP contribution in [-0.4, -0.2) is 31.7 Å². The number of methoxy groups -OCH3 is 2. The third-order valence-electron chi connectivity index (χ3n) is 6.49. The molecule has 0 amide bonds. The van der Waals surface area contributed by atoms with Gasteiger partial charge in [0.2, 0.25) is 0 Å². The molecular formula is C27H26F3NO5. The number of halogens is 3. The Morgan fingerprint density at radius 2 is 1.86 bits per heavy atom. The number of carbonyl (C=O) groups is 2. The SMILES string of the molecule is COC(=O)C1C(C)=NC2=C(C(=O)CCC2)[C@H]1c1ccc(OCc2cccc(C(F)(F)F)c2)c(OC)c1. The van der Waals surface area contributed by atoms with Gasteiger partial charge < -0.3 is 14.2 Å². The van der Waals surface area contributed by atoms with E-state index >= 15 is 0 Å². The summed E-state index contributed by atoms with van der Waals surface area (Å²) >= 11 is 0. The molecule has 0 aromatic heterocycles. The van der Waals surface area contributed by atoms with Gasteiger partial charge in [-0.15, -0.1) is 0 Å². The largest absolute Gasteiger partial charge is 0.493 e. The van der Waals surface area contributed by atoms with Crippen LogP contribution in [0, 0.1) is 5.92 Å². The normalized spacial score (nSPS) is 19.9. The molecule has 0 spiro atoms. The minimum absolute atomic E-state index is 0.0461. The summed E-state index contributed by atoms with van der Waals surface area (Å²) in [5.74, 6) is -1.25. The van der Waals surface area contributed by atoms with Crippen molar-refractivity contribution in [1.29, 1.82) is 0 Å². The number of aliphatic imine (C=N–C) groups is 1. The van der Waals surface area contributed by atoms with Crippen LogP contribution in [0.2, 0.25) is 0 Å². The summed E-state index contributed by atoms with van der Waals surface area (Å²) in [6, 6.07) is 9.96. The third kappa shape index (κ3) is 5.01. The topological polar surface area (TPSA) is 74.2 Å². The van der Waals surface area contributed by atoms with E-state index in [1.165, 1.54) is 20.3 Å². The average Bonchev–Trinajstić information content (AvgIpc) is 2.86. The highest BCUT2D eigenvalue weighted by molar-refractivity contribution is 6.08. The number of carbonyl (C=O) groups excluding carboxylic acids is 2. The van der Waals surface area contributed by atoms with Crippen molar-refractivity contribution in [3.8, 4) is 11.5 Å². The molecular weight excluding hydrogens is 475 g/mol. The molecule has 0 N–H and O–H groups in total. The summed E-state index contributed by atoms with van der Waals surface area (Å²) in [6.45, 7) is 1.65. The fraction of sp³-hybridized carbons (Fsp3) is 0.370. The van der Waals surface area contributed by atoms with Crippen LogP contribution in [0.15, 0.2) is 58.7 Å². The average molecular weight is 502 g/mol. The lowest BCUT2D eigenvalue weighted by atomic mass is 9.71. The highest BCUT2D eigenvalue weighted by Crippen LogP contribution is 2.45. The van der Waals surface area contributed by atoms with Gasteiger partial charge in [0, 0.05) is 29.3 Å². The Kier molecular flexibility index (Phi) is 7.19. The van der Waals surface area contributed by atoms with E-state index in [4.69, 9.17) is 14.2 Å². The molecule has 6 nitrogen and oxygen atoms in total. The fourth-order valence-electron chi connectivity index (χ4n) is 4.79. The van der Waals surface area contributed by atoms with E-state index in [0.717, 1.165) is 12.1 Å². The molecule has 0 saturated carbocycles. The smallest absolute Gasteiger partial charge is 0.416 e. The number of rotatable bonds is 6. The second kappa shape index (κ2) is 10.2. The first-order chi connectivity index (χ1) is 17.1. The first-order valence-corrected chi connectivity index (χ1v) is 11.5. The van der Waals surface area contributed by atoms with Crippen molar-refractivity contribution < 1.29 is 37.0 Å². The molecule has 4 rings (SSSR count). The van der Waals surface area contributed by atoms with Gasteiger partial charge in [-0.25, -0.2) is 0 Å². The van der Waals surface area contributed by atoms with E-state index < -0.39 is 29.5 Å². The number of hydrogen-bond donors (Lipinski definition) is 0. The summed E-state index contributed by atoms with van der Waals surface area (Å²) in [5.41, 5.74) is 2.04. The number of hydrogen-bond acceptors (Lipinski definition) is 6. The van der Waals surface area contributed by atoms with Gasteiger partial charge in [-0.2, -0.15) is 13.2 Å². The molecule has 2 atom stereocenters. The van der Waals surface area contributed by atoms with Gasteiger partial charge in [0.15, 0.2) is 17.3 Å². The molecule has 9 heteroatoms. The van der Waals surface area contributed by atoms with Crippen molar-refractivity contribution >= 4 is 17.5 Å². The maximum atomic E-state index is 13.0. The van der Waals surface area contributed by atoms with Gasteiger partial charge in [-0.05, 0) is 55.2 Å². The molecule has 1 unspecified atom stereocenters. The third-order valence-corrected chi connectivity index (χ3v) is 6.49. The predicted molar refractivity (Wildman–Crippen MR) is 126 cm³/mol. The maximum Gasteiger partial charge on any atom is 0.416 e. The molecule has 2 aliphatic rings. The van der Waals surface area contributed by atoms with Crippen molar-refractivity contribution in [2.45, 2.75) is 44.9 Å². The van der Waals surface area contributed by atoms with Crippen molar-refractivity contribution in [2.24, 2.45) is 10.9 Å². The van der Waals surface area contributed by atoms with Gasteiger partial charge in [0.05, 0.1) is 19.8 Å². The Bertz CT molecular complexity index is 1250. The van der Waals surface area contributed by atoms with E-state index in [2.05, 4.69) is 4.99 Å². The maximum absolute atomic E-state index is 13.0. The van der Waals surface area contributed by atoms with Crippen LogP contribution < -0.4 is 9.47 Å². The number of ketones is 1. The van der Waals surface area contributed by atoms with E-state index in [1.807, 2.05) is 0 Å². The minimum atomic E-state index is -4.45. The van der Waals surface area contributed by atoms with Crippen LogP contribution in [0.1, 0.15) is 48.8 Å². The van der Waals surface area contributed by atoms with E-state index in [9.17, 15) is 22.8 Å². The van der Waals surface area contributed by atoms with E-state index in [0.29, 0.717) is 58.9 Å². The number of Topliss-reactive ketones (excluding diaryl/α,β-unsaturated/α-hetero) is 1.